The molecule has 0 heterocycles. The van der Waals surface area contributed by atoms with Crippen molar-refractivity contribution in [2.24, 2.45) is 0 Å². The molecule has 2 nitrogen and oxygen atoms in total. The zero-order valence-electron chi connectivity index (χ0n) is 17.4. The molecule has 148 valence electrons. The van der Waals surface area contributed by atoms with Crippen molar-refractivity contribution in [1.82, 2.24) is 0 Å². The second kappa shape index (κ2) is 17.5. The van der Waals surface area contributed by atoms with E-state index in [0.29, 0.717) is 6.42 Å². The van der Waals surface area contributed by atoms with Gasteiger partial charge in [0.05, 0.1) is 0 Å². The molecule has 0 saturated carbocycles. The SMILES string of the molecule is CCCCCCCC/C=C\CCC[CH](CCCC(=O)O)[Hg][c]1ccccc1. The van der Waals surface area contributed by atoms with Crippen LogP contribution in [0, 0.1) is 0 Å². The molecule has 1 atom stereocenters. The topological polar surface area (TPSA) is 37.3 Å². The third kappa shape index (κ3) is 15.0. The number of carboxylic acids is 1. The van der Waals surface area contributed by atoms with Crippen LogP contribution in [0.5, 0.6) is 0 Å². The second-order valence-corrected chi connectivity index (χ2v) is 17.1. The minimum atomic E-state index is -1.15. The van der Waals surface area contributed by atoms with Crippen LogP contribution in [0.4, 0.5) is 0 Å². The standard InChI is InChI=1S/C18H33O2.C6H5.Hg/c1-2-3-4-5-6-7-8-9-10-11-12-13-14-15-16-17-18(19)20;1-2-4-6-5-3-1;/h9-10,14H,2-8,11-13,15-17H2,1H3,(H,19,20);1-5H;/b10-9-;;. The molecule has 0 aromatic heterocycles. The molecule has 1 aromatic rings. The molecule has 3 heteroatoms. The summed E-state index contributed by atoms with van der Waals surface area (Å²) in [4.78, 5) is 10.8. The molecule has 1 aromatic carbocycles. The van der Waals surface area contributed by atoms with E-state index >= 15 is 0 Å². The van der Waals surface area contributed by atoms with Gasteiger partial charge in [0.1, 0.15) is 0 Å². The van der Waals surface area contributed by atoms with Crippen LogP contribution in [-0.4, -0.2) is 11.1 Å². The zero-order chi connectivity index (χ0) is 19.6. The van der Waals surface area contributed by atoms with Crippen molar-refractivity contribution in [1.29, 1.82) is 0 Å². The number of carbonyl (C=O) groups is 1. The van der Waals surface area contributed by atoms with Gasteiger partial charge in [-0.3, -0.25) is 0 Å². The number of unbranched alkanes of at least 4 members (excludes halogenated alkanes) is 7. The fourth-order valence-corrected chi connectivity index (χ4v) is 12.2. The van der Waals surface area contributed by atoms with Crippen LogP contribution in [0.25, 0.3) is 0 Å². The molecule has 1 rings (SSSR count). The van der Waals surface area contributed by atoms with E-state index in [4.69, 9.17) is 5.11 Å². The predicted molar refractivity (Wildman–Crippen MR) is 112 cm³/mol. The number of allylic oxidation sites excluding steroid dienone is 2. The Bertz CT molecular complexity index is 498. The Kier molecular flexibility index (Phi) is 15.8. The molecule has 0 amide bonds. The van der Waals surface area contributed by atoms with Crippen molar-refractivity contribution in [2.75, 3.05) is 0 Å². The van der Waals surface area contributed by atoms with E-state index < -0.39 is 30.5 Å². The first-order valence-electron chi connectivity index (χ1n) is 11.1. The Morgan fingerprint density at radius 1 is 0.926 bits per heavy atom. The first-order valence-corrected chi connectivity index (χ1v) is 17.1. The van der Waals surface area contributed by atoms with Crippen LogP contribution < -0.4 is 3.07 Å². The maximum absolute atomic E-state index is 10.8. The maximum atomic E-state index is 10.8. The molecule has 1 unspecified atom stereocenters. The summed E-state index contributed by atoms with van der Waals surface area (Å²) in [6.45, 7) is 2.27. The van der Waals surface area contributed by atoms with Gasteiger partial charge in [0.2, 0.25) is 0 Å². The van der Waals surface area contributed by atoms with Crippen LogP contribution in [0.1, 0.15) is 90.4 Å². The molecule has 1 N–H and O–H groups in total. The van der Waals surface area contributed by atoms with Crippen LogP contribution >= 0.6 is 0 Å². The van der Waals surface area contributed by atoms with Crippen molar-refractivity contribution < 1.29 is 34.5 Å². The molecule has 27 heavy (non-hydrogen) atoms. The van der Waals surface area contributed by atoms with Crippen molar-refractivity contribution in [3.05, 3.63) is 42.5 Å². The van der Waals surface area contributed by atoms with Crippen molar-refractivity contribution >= 4 is 9.04 Å². The third-order valence-corrected chi connectivity index (χ3v) is 14.3. The number of carboxylic acid groups (broad SMARTS) is 1. The van der Waals surface area contributed by atoms with E-state index in [9.17, 15) is 4.79 Å². The van der Waals surface area contributed by atoms with Gasteiger partial charge in [-0.05, 0) is 0 Å². The molecule has 0 spiro atoms. The van der Waals surface area contributed by atoms with E-state index in [1.807, 2.05) is 0 Å². The van der Waals surface area contributed by atoms with Gasteiger partial charge in [-0.2, -0.15) is 0 Å². The fraction of sp³-hybridized carbons (Fsp3) is 0.625. The van der Waals surface area contributed by atoms with E-state index in [-0.39, 0.29) is 0 Å². The quantitative estimate of drug-likeness (QED) is 0.128. The van der Waals surface area contributed by atoms with Crippen LogP contribution in [-0.2, 0) is 29.4 Å². The van der Waals surface area contributed by atoms with Gasteiger partial charge in [-0.15, -0.1) is 0 Å². The van der Waals surface area contributed by atoms with Crippen molar-refractivity contribution in [3.8, 4) is 0 Å². The Balaban J connectivity index is 2.19. The molecule has 0 aliphatic carbocycles. The molecule has 0 bridgehead atoms. The number of hydrogen-bond donors (Lipinski definition) is 1. The minimum absolute atomic E-state index is 0.331. The average molecular weight is 559 g/mol. The number of rotatable bonds is 17. The van der Waals surface area contributed by atoms with Gasteiger partial charge in [0, 0.05) is 0 Å². The zero-order valence-corrected chi connectivity index (χ0v) is 22.9. The van der Waals surface area contributed by atoms with Crippen LogP contribution in [0.3, 0.4) is 0 Å². The van der Waals surface area contributed by atoms with Crippen LogP contribution in [0.2, 0.25) is 3.43 Å². The summed E-state index contributed by atoms with van der Waals surface area (Å²) in [5, 5.41) is 8.90. The first kappa shape index (κ1) is 24.4. The third-order valence-electron chi connectivity index (χ3n) is 5.24. The summed E-state index contributed by atoms with van der Waals surface area (Å²) < 4.78 is 2.41. The molecule has 0 aliphatic rings. The number of benzene rings is 1. The average Bonchev–Trinajstić information content (AvgIpc) is 2.66. The van der Waals surface area contributed by atoms with Gasteiger partial charge in [-0.1, -0.05) is 13.3 Å². The monoisotopic (exact) mass is 560 g/mol. The molecule has 0 radical (unpaired) electrons. The molecular weight excluding hydrogens is 521 g/mol. The van der Waals surface area contributed by atoms with E-state index in [1.165, 1.54) is 64.2 Å². The van der Waals surface area contributed by atoms with Crippen molar-refractivity contribution in [2.45, 2.75) is 93.8 Å². The first-order chi connectivity index (χ1) is 13.2. The summed E-state index contributed by atoms with van der Waals surface area (Å²) in [6.07, 6.45) is 20.2. The number of aliphatic carboxylic acids is 1. The molecule has 0 aliphatic heterocycles. The van der Waals surface area contributed by atoms with E-state index in [1.54, 1.807) is 3.07 Å². The van der Waals surface area contributed by atoms with E-state index in [2.05, 4.69) is 49.4 Å². The fourth-order valence-electron chi connectivity index (χ4n) is 3.64. The Hall–Kier alpha value is -0.635. The normalized spacial score (nSPS) is 12.2. The Morgan fingerprint density at radius 2 is 1.56 bits per heavy atom. The van der Waals surface area contributed by atoms with Crippen molar-refractivity contribution in [3.63, 3.8) is 0 Å². The Morgan fingerprint density at radius 3 is 2.26 bits per heavy atom. The van der Waals surface area contributed by atoms with Gasteiger partial charge in [0.15, 0.2) is 0 Å². The molecule has 0 fully saturated rings. The summed E-state index contributed by atoms with van der Waals surface area (Å²) in [7, 11) is 0. The van der Waals surface area contributed by atoms with Gasteiger partial charge in [-0.25, -0.2) is 0 Å². The van der Waals surface area contributed by atoms with Gasteiger partial charge in [0.25, 0.3) is 0 Å². The molecule has 0 saturated heterocycles. The predicted octanol–water partition coefficient (Wildman–Crippen LogP) is 6.91. The Labute approximate surface area is 179 Å². The summed E-state index contributed by atoms with van der Waals surface area (Å²) in [5.74, 6) is -0.650. The van der Waals surface area contributed by atoms with Gasteiger partial charge < -0.3 is 0 Å². The summed E-state index contributed by atoms with van der Waals surface area (Å²) >= 11 is -1.15. The number of hydrogen-bond acceptors (Lipinski definition) is 1. The van der Waals surface area contributed by atoms with Crippen LogP contribution in [0.15, 0.2) is 42.5 Å². The molecular formula is C24H38HgO2. The van der Waals surface area contributed by atoms with Gasteiger partial charge >= 0.3 is 166 Å². The van der Waals surface area contributed by atoms with E-state index in [0.717, 1.165) is 16.3 Å². The summed E-state index contributed by atoms with van der Waals surface area (Å²) in [5.41, 5.74) is 0. The second-order valence-electron chi connectivity index (χ2n) is 7.80. The summed E-state index contributed by atoms with van der Waals surface area (Å²) in [6, 6.07) is 11.0.